The molecule has 1 unspecified atom stereocenters. The second-order valence-corrected chi connectivity index (χ2v) is 4.78. The summed E-state index contributed by atoms with van der Waals surface area (Å²) in [5, 5.41) is 12.0. The van der Waals surface area contributed by atoms with Gasteiger partial charge in [-0.2, -0.15) is 5.26 Å². The van der Waals surface area contributed by atoms with Crippen LogP contribution in [0.4, 0.5) is 5.69 Å². The molecule has 0 saturated heterocycles. The van der Waals surface area contributed by atoms with Gasteiger partial charge in [-0.05, 0) is 37.3 Å². The number of nitriles is 1. The van der Waals surface area contributed by atoms with Gasteiger partial charge in [0.15, 0.2) is 6.10 Å². The van der Waals surface area contributed by atoms with E-state index >= 15 is 0 Å². The maximum absolute atomic E-state index is 12.1. The zero-order valence-electron chi connectivity index (χ0n) is 11.3. The van der Waals surface area contributed by atoms with Crippen molar-refractivity contribution in [2.24, 2.45) is 0 Å². The van der Waals surface area contributed by atoms with Crippen molar-refractivity contribution >= 4 is 23.2 Å². The van der Waals surface area contributed by atoms with Gasteiger partial charge in [0.1, 0.15) is 5.75 Å². The first-order valence-electron chi connectivity index (χ1n) is 6.32. The van der Waals surface area contributed by atoms with Crippen LogP contribution in [-0.2, 0) is 4.79 Å². The van der Waals surface area contributed by atoms with Gasteiger partial charge in [-0.25, -0.2) is 0 Å². The number of hydrogen-bond acceptors (Lipinski definition) is 3. The predicted octanol–water partition coefficient (Wildman–Crippen LogP) is 3.62. The highest BCUT2D eigenvalue weighted by Crippen LogP contribution is 2.21. The summed E-state index contributed by atoms with van der Waals surface area (Å²) in [7, 11) is 0. The third-order valence-corrected chi connectivity index (χ3v) is 3.11. The van der Waals surface area contributed by atoms with Crippen LogP contribution in [0.25, 0.3) is 0 Å². The molecule has 0 bridgehead atoms. The molecule has 0 aliphatic heterocycles. The van der Waals surface area contributed by atoms with Crippen molar-refractivity contribution in [3.8, 4) is 11.8 Å². The van der Waals surface area contributed by atoms with Crippen LogP contribution < -0.4 is 10.1 Å². The molecule has 0 spiro atoms. The average Bonchev–Trinajstić information content (AvgIpc) is 2.49. The Bertz CT molecular complexity index is 695. The molecule has 0 heterocycles. The number of nitrogens with zero attached hydrogens (tertiary/aromatic N) is 1. The minimum absolute atomic E-state index is 0.314. The Morgan fingerprint density at radius 2 is 2.05 bits per heavy atom. The molecule has 0 aliphatic carbocycles. The number of para-hydroxylation sites is 1. The molecule has 2 aromatic carbocycles. The van der Waals surface area contributed by atoms with Gasteiger partial charge in [-0.3, -0.25) is 4.79 Å². The van der Waals surface area contributed by atoms with E-state index in [1.807, 2.05) is 6.07 Å². The van der Waals surface area contributed by atoms with E-state index in [0.717, 1.165) is 0 Å². The monoisotopic (exact) mass is 300 g/mol. The van der Waals surface area contributed by atoms with Crippen molar-refractivity contribution in [3.05, 3.63) is 59.1 Å². The van der Waals surface area contributed by atoms with Crippen molar-refractivity contribution in [2.45, 2.75) is 13.0 Å². The number of amides is 1. The van der Waals surface area contributed by atoms with Crippen LogP contribution in [-0.4, -0.2) is 12.0 Å². The Kier molecular flexibility index (Phi) is 4.81. The number of rotatable bonds is 4. The highest BCUT2D eigenvalue weighted by Gasteiger charge is 2.16. The molecule has 2 rings (SSSR count). The normalized spacial score (nSPS) is 11.3. The van der Waals surface area contributed by atoms with E-state index in [1.54, 1.807) is 55.5 Å². The number of benzene rings is 2. The summed E-state index contributed by atoms with van der Waals surface area (Å²) in [4.78, 5) is 12.1. The highest BCUT2D eigenvalue weighted by atomic mass is 35.5. The van der Waals surface area contributed by atoms with Gasteiger partial charge >= 0.3 is 0 Å². The zero-order valence-corrected chi connectivity index (χ0v) is 12.1. The Morgan fingerprint density at radius 1 is 1.29 bits per heavy atom. The molecule has 1 atom stereocenters. The maximum atomic E-state index is 12.1. The Hall–Kier alpha value is -2.51. The number of anilines is 1. The van der Waals surface area contributed by atoms with Gasteiger partial charge < -0.3 is 10.1 Å². The Morgan fingerprint density at radius 3 is 2.76 bits per heavy atom. The number of hydrogen-bond donors (Lipinski definition) is 1. The highest BCUT2D eigenvalue weighted by molar-refractivity contribution is 6.33. The molecule has 0 saturated carbocycles. The second-order valence-electron chi connectivity index (χ2n) is 4.37. The molecule has 1 amide bonds. The SMILES string of the molecule is CC(Oc1cccc(C#N)c1)C(=O)Nc1ccccc1Cl. The number of ether oxygens (including phenoxy) is 1. The quantitative estimate of drug-likeness (QED) is 0.938. The van der Waals surface area contributed by atoms with E-state index in [9.17, 15) is 4.79 Å². The molecule has 2 aromatic rings. The summed E-state index contributed by atoms with van der Waals surface area (Å²) in [6.07, 6.45) is -0.713. The van der Waals surface area contributed by atoms with Gasteiger partial charge in [-0.15, -0.1) is 0 Å². The van der Waals surface area contributed by atoms with Gasteiger partial charge in [0.2, 0.25) is 0 Å². The van der Waals surface area contributed by atoms with Crippen LogP contribution in [0.2, 0.25) is 5.02 Å². The minimum atomic E-state index is -0.713. The summed E-state index contributed by atoms with van der Waals surface area (Å²) < 4.78 is 5.52. The first-order valence-corrected chi connectivity index (χ1v) is 6.70. The van der Waals surface area contributed by atoms with Crippen molar-refractivity contribution in [1.82, 2.24) is 0 Å². The van der Waals surface area contributed by atoms with Gasteiger partial charge in [0, 0.05) is 0 Å². The fourth-order valence-electron chi connectivity index (χ4n) is 1.69. The van der Waals surface area contributed by atoms with Crippen LogP contribution in [0, 0.1) is 11.3 Å². The van der Waals surface area contributed by atoms with E-state index in [0.29, 0.717) is 22.0 Å². The fourth-order valence-corrected chi connectivity index (χ4v) is 1.88. The smallest absolute Gasteiger partial charge is 0.265 e. The van der Waals surface area contributed by atoms with Crippen molar-refractivity contribution in [1.29, 1.82) is 5.26 Å². The molecule has 0 aromatic heterocycles. The summed E-state index contributed by atoms with van der Waals surface area (Å²) in [5.74, 6) is 0.154. The molecule has 21 heavy (non-hydrogen) atoms. The van der Waals surface area contributed by atoms with E-state index < -0.39 is 6.10 Å². The molecule has 0 aliphatic rings. The zero-order chi connectivity index (χ0) is 15.2. The van der Waals surface area contributed by atoms with Crippen molar-refractivity contribution in [2.75, 3.05) is 5.32 Å². The fraction of sp³-hybridized carbons (Fsp3) is 0.125. The van der Waals surface area contributed by atoms with E-state index in [2.05, 4.69) is 5.32 Å². The molecule has 4 nitrogen and oxygen atoms in total. The average molecular weight is 301 g/mol. The lowest BCUT2D eigenvalue weighted by Crippen LogP contribution is -2.30. The van der Waals surface area contributed by atoms with E-state index in [4.69, 9.17) is 21.6 Å². The minimum Gasteiger partial charge on any atom is -0.481 e. The van der Waals surface area contributed by atoms with E-state index in [-0.39, 0.29) is 5.91 Å². The first kappa shape index (κ1) is 14.9. The third kappa shape index (κ3) is 3.98. The lowest BCUT2D eigenvalue weighted by atomic mass is 10.2. The van der Waals surface area contributed by atoms with Gasteiger partial charge in [0.25, 0.3) is 5.91 Å². The van der Waals surface area contributed by atoms with Gasteiger partial charge in [0.05, 0.1) is 22.3 Å². The maximum Gasteiger partial charge on any atom is 0.265 e. The topological polar surface area (TPSA) is 62.1 Å². The van der Waals surface area contributed by atoms with Crippen molar-refractivity contribution in [3.63, 3.8) is 0 Å². The van der Waals surface area contributed by atoms with Crippen LogP contribution >= 0.6 is 11.6 Å². The van der Waals surface area contributed by atoms with E-state index in [1.165, 1.54) is 0 Å². The Balaban J connectivity index is 2.03. The summed E-state index contributed by atoms with van der Waals surface area (Å²) in [5.41, 5.74) is 1.01. The predicted molar refractivity (Wildman–Crippen MR) is 81.3 cm³/mol. The summed E-state index contributed by atoms with van der Waals surface area (Å²) in [6, 6.07) is 15.6. The molecular weight excluding hydrogens is 288 g/mol. The molecule has 5 heteroatoms. The van der Waals surface area contributed by atoms with Crippen LogP contribution in [0.15, 0.2) is 48.5 Å². The molecule has 0 fully saturated rings. The number of halogens is 1. The van der Waals surface area contributed by atoms with Crippen LogP contribution in [0.3, 0.4) is 0 Å². The molecule has 106 valence electrons. The summed E-state index contributed by atoms with van der Waals surface area (Å²) in [6.45, 7) is 1.63. The first-order chi connectivity index (χ1) is 10.1. The lowest BCUT2D eigenvalue weighted by Gasteiger charge is -2.15. The van der Waals surface area contributed by atoms with Gasteiger partial charge in [-0.1, -0.05) is 29.8 Å². The molecular formula is C16H13ClN2O2. The van der Waals surface area contributed by atoms with Crippen LogP contribution in [0.5, 0.6) is 5.75 Å². The standard InChI is InChI=1S/C16H13ClN2O2/c1-11(21-13-6-4-5-12(9-13)10-18)16(20)19-15-8-3-2-7-14(15)17/h2-9,11H,1H3,(H,19,20). The third-order valence-electron chi connectivity index (χ3n) is 2.78. The molecule has 1 N–H and O–H groups in total. The Labute approximate surface area is 127 Å². The number of nitrogens with one attached hydrogen (secondary N) is 1. The number of carbonyl (C=O) groups excluding carboxylic acids is 1. The lowest BCUT2D eigenvalue weighted by molar-refractivity contribution is -0.122. The second kappa shape index (κ2) is 6.78. The summed E-state index contributed by atoms with van der Waals surface area (Å²) >= 11 is 5.98. The largest absolute Gasteiger partial charge is 0.481 e. The number of carbonyl (C=O) groups is 1. The van der Waals surface area contributed by atoms with Crippen molar-refractivity contribution < 1.29 is 9.53 Å². The molecule has 0 radical (unpaired) electrons. The van der Waals surface area contributed by atoms with Crippen LogP contribution in [0.1, 0.15) is 12.5 Å².